The molecule has 0 fully saturated rings. The highest BCUT2D eigenvalue weighted by atomic mass is 32.1. The van der Waals surface area contributed by atoms with Crippen molar-refractivity contribution in [1.82, 2.24) is 9.78 Å². The number of thiophene rings is 1. The lowest BCUT2D eigenvalue weighted by Crippen LogP contribution is -2.13. The van der Waals surface area contributed by atoms with E-state index in [0.717, 1.165) is 0 Å². The third-order valence-corrected chi connectivity index (χ3v) is 3.97. The zero-order valence-electron chi connectivity index (χ0n) is 12.3. The molecule has 7 heteroatoms. The van der Waals surface area contributed by atoms with Crippen LogP contribution < -0.4 is 10.6 Å². The van der Waals surface area contributed by atoms with Crippen LogP contribution in [0.2, 0.25) is 0 Å². The van der Waals surface area contributed by atoms with Gasteiger partial charge in [0.15, 0.2) is 5.82 Å². The molecule has 0 saturated carbocycles. The van der Waals surface area contributed by atoms with Crippen LogP contribution in [-0.2, 0) is 7.05 Å². The van der Waals surface area contributed by atoms with Crippen LogP contribution in [0.3, 0.4) is 0 Å². The first-order valence-electron chi connectivity index (χ1n) is 6.88. The Morgan fingerprint density at radius 1 is 1.04 bits per heavy atom. The van der Waals surface area contributed by atoms with E-state index in [1.165, 1.54) is 11.3 Å². The number of rotatable bonds is 4. The minimum absolute atomic E-state index is 0.161. The molecule has 0 unspecified atom stereocenters. The van der Waals surface area contributed by atoms with Crippen LogP contribution in [0.5, 0.6) is 0 Å². The van der Waals surface area contributed by atoms with E-state index < -0.39 is 0 Å². The number of benzene rings is 1. The Kier molecular flexibility index (Phi) is 4.20. The van der Waals surface area contributed by atoms with Gasteiger partial charge < -0.3 is 10.6 Å². The second kappa shape index (κ2) is 6.45. The number of aryl methyl sites for hydroxylation is 1. The first-order chi connectivity index (χ1) is 11.1. The third kappa shape index (κ3) is 3.64. The summed E-state index contributed by atoms with van der Waals surface area (Å²) < 4.78 is 1.61. The summed E-state index contributed by atoms with van der Waals surface area (Å²) in [6.07, 6.45) is 1.75. The van der Waals surface area contributed by atoms with Crippen molar-refractivity contribution in [3.63, 3.8) is 0 Å². The van der Waals surface area contributed by atoms with E-state index in [1.807, 2.05) is 11.4 Å². The number of amides is 2. The number of aromatic nitrogens is 2. The summed E-state index contributed by atoms with van der Waals surface area (Å²) in [4.78, 5) is 24.7. The van der Waals surface area contributed by atoms with E-state index in [0.29, 0.717) is 21.9 Å². The van der Waals surface area contributed by atoms with Gasteiger partial charge in [0.25, 0.3) is 11.8 Å². The van der Waals surface area contributed by atoms with Gasteiger partial charge in [-0.2, -0.15) is 5.10 Å². The predicted octanol–water partition coefficient (Wildman–Crippen LogP) is 2.99. The molecule has 0 aliphatic heterocycles. The molecule has 3 rings (SSSR count). The largest absolute Gasteiger partial charge is 0.321 e. The number of carbonyl (C=O) groups excluding carboxylic acids is 2. The Labute approximate surface area is 136 Å². The highest BCUT2D eigenvalue weighted by Crippen LogP contribution is 2.15. The van der Waals surface area contributed by atoms with E-state index in [2.05, 4.69) is 15.7 Å². The average molecular weight is 326 g/mol. The lowest BCUT2D eigenvalue weighted by Gasteiger charge is -2.05. The van der Waals surface area contributed by atoms with Gasteiger partial charge in [-0.25, -0.2) is 0 Å². The van der Waals surface area contributed by atoms with Crippen LogP contribution in [0.4, 0.5) is 11.5 Å². The number of hydrogen-bond acceptors (Lipinski definition) is 4. The highest BCUT2D eigenvalue weighted by Gasteiger charge is 2.09. The van der Waals surface area contributed by atoms with Crippen LogP contribution in [0.25, 0.3) is 0 Å². The predicted molar refractivity (Wildman–Crippen MR) is 89.9 cm³/mol. The fourth-order valence-electron chi connectivity index (χ4n) is 1.98. The van der Waals surface area contributed by atoms with Gasteiger partial charge in [-0.3, -0.25) is 14.3 Å². The molecule has 0 bridgehead atoms. The summed E-state index contributed by atoms with van der Waals surface area (Å²) in [5, 5.41) is 11.4. The van der Waals surface area contributed by atoms with Crippen molar-refractivity contribution in [2.75, 3.05) is 10.6 Å². The van der Waals surface area contributed by atoms with Crippen molar-refractivity contribution in [3.8, 4) is 0 Å². The molecule has 23 heavy (non-hydrogen) atoms. The zero-order valence-corrected chi connectivity index (χ0v) is 13.1. The summed E-state index contributed by atoms with van der Waals surface area (Å²) in [6.45, 7) is 0. The summed E-state index contributed by atoms with van der Waals surface area (Å²) in [5.41, 5.74) is 1.13. The molecule has 1 aromatic carbocycles. The van der Waals surface area contributed by atoms with E-state index in [9.17, 15) is 9.59 Å². The molecule has 2 heterocycles. The molecule has 116 valence electrons. The molecule has 2 aromatic heterocycles. The van der Waals surface area contributed by atoms with Gasteiger partial charge in [0.1, 0.15) is 0 Å². The van der Waals surface area contributed by atoms with Crippen LogP contribution in [-0.4, -0.2) is 21.6 Å². The maximum Gasteiger partial charge on any atom is 0.265 e. The van der Waals surface area contributed by atoms with Crippen LogP contribution in [0.1, 0.15) is 20.0 Å². The number of nitrogens with zero attached hydrogens (tertiary/aromatic N) is 2. The summed E-state index contributed by atoms with van der Waals surface area (Å²) in [6, 6.07) is 12.0. The number of hydrogen-bond donors (Lipinski definition) is 2. The fraction of sp³-hybridized carbons (Fsp3) is 0.0625. The molecule has 2 N–H and O–H groups in total. The SMILES string of the molecule is Cn1ccc(NC(=O)c2ccc(NC(=O)c3cccs3)cc2)n1. The van der Waals surface area contributed by atoms with E-state index in [4.69, 9.17) is 0 Å². The lowest BCUT2D eigenvalue weighted by atomic mass is 10.2. The van der Waals surface area contributed by atoms with E-state index in [1.54, 1.807) is 54.3 Å². The lowest BCUT2D eigenvalue weighted by molar-refractivity contribution is 0.102. The van der Waals surface area contributed by atoms with Crippen LogP contribution >= 0.6 is 11.3 Å². The van der Waals surface area contributed by atoms with Gasteiger partial charge in [-0.1, -0.05) is 6.07 Å². The standard InChI is InChI=1S/C16H14N4O2S/c1-20-9-8-14(19-20)18-15(21)11-4-6-12(7-5-11)17-16(22)13-3-2-10-23-13/h2-10H,1H3,(H,17,22)(H,18,19,21). The zero-order chi connectivity index (χ0) is 16.2. The molecule has 3 aromatic rings. The Morgan fingerprint density at radius 2 is 1.83 bits per heavy atom. The Balaban J connectivity index is 1.64. The van der Waals surface area contributed by atoms with Crippen LogP contribution in [0, 0.1) is 0 Å². The number of anilines is 2. The maximum absolute atomic E-state index is 12.1. The fourth-order valence-corrected chi connectivity index (χ4v) is 2.59. The summed E-state index contributed by atoms with van der Waals surface area (Å²) in [7, 11) is 1.78. The quantitative estimate of drug-likeness (QED) is 0.774. The molecule has 0 radical (unpaired) electrons. The average Bonchev–Trinajstić information content (AvgIpc) is 3.20. The monoisotopic (exact) mass is 326 g/mol. The van der Waals surface area contributed by atoms with Crippen molar-refractivity contribution in [1.29, 1.82) is 0 Å². The van der Waals surface area contributed by atoms with Crippen molar-refractivity contribution < 1.29 is 9.59 Å². The third-order valence-electron chi connectivity index (χ3n) is 3.11. The van der Waals surface area contributed by atoms with Gasteiger partial charge in [0, 0.05) is 30.6 Å². The first kappa shape index (κ1) is 15.0. The highest BCUT2D eigenvalue weighted by molar-refractivity contribution is 7.12. The molecular weight excluding hydrogens is 312 g/mol. The molecule has 0 aliphatic rings. The molecule has 0 atom stereocenters. The molecule has 2 amide bonds. The van der Waals surface area contributed by atoms with Crippen molar-refractivity contribution >= 4 is 34.7 Å². The minimum Gasteiger partial charge on any atom is -0.321 e. The molecular formula is C16H14N4O2S. The molecule has 6 nitrogen and oxygen atoms in total. The summed E-state index contributed by atoms with van der Waals surface area (Å²) in [5.74, 6) is 0.0816. The minimum atomic E-state index is -0.250. The van der Waals surface area contributed by atoms with Gasteiger partial charge >= 0.3 is 0 Å². The first-order valence-corrected chi connectivity index (χ1v) is 7.76. The number of carbonyl (C=O) groups is 2. The Morgan fingerprint density at radius 3 is 2.43 bits per heavy atom. The molecule has 0 spiro atoms. The van der Waals surface area contributed by atoms with Gasteiger partial charge in [0.05, 0.1) is 4.88 Å². The van der Waals surface area contributed by atoms with Crippen molar-refractivity contribution in [2.45, 2.75) is 0 Å². The smallest absolute Gasteiger partial charge is 0.265 e. The van der Waals surface area contributed by atoms with Crippen molar-refractivity contribution in [2.24, 2.45) is 7.05 Å². The maximum atomic E-state index is 12.1. The van der Waals surface area contributed by atoms with Gasteiger partial charge in [-0.05, 0) is 35.7 Å². The van der Waals surface area contributed by atoms with E-state index in [-0.39, 0.29) is 11.8 Å². The summed E-state index contributed by atoms with van der Waals surface area (Å²) >= 11 is 1.38. The normalized spacial score (nSPS) is 10.3. The van der Waals surface area contributed by atoms with Crippen molar-refractivity contribution in [3.05, 3.63) is 64.5 Å². The van der Waals surface area contributed by atoms with E-state index >= 15 is 0 Å². The molecule has 0 aliphatic carbocycles. The van der Waals surface area contributed by atoms with Crippen LogP contribution in [0.15, 0.2) is 54.0 Å². The van der Waals surface area contributed by atoms with Gasteiger partial charge in [-0.15, -0.1) is 11.3 Å². The second-order valence-corrected chi connectivity index (χ2v) is 5.79. The topological polar surface area (TPSA) is 76.0 Å². The Bertz CT molecular complexity index is 822. The Hall–Kier alpha value is -2.93. The molecule has 0 saturated heterocycles. The second-order valence-electron chi connectivity index (χ2n) is 4.84. The number of nitrogens with one attached hydrogen (secondary N) is 2. The van der Waals surface area contributed by atoms with Gasteiger partial charge in [0.2, 0.25) is 0 Å².